The van der Waals surface area contributed by atoms with E-state index in [0.29, 0.717) is 5.92 Å². The van der Waals surface area contributed by atoms with Gasteiger partial charge >= 0.3 is 0 Å². The molecule has 0 radical (unpaired) electrons. The molecule has 90 valence electrons. The maximum atomic E-state index is 10.7. The van der Waals surface area contributed by atoms with Crippen molar-refractivity contribution in [2.75, 3.05) is 0 Å². The van der Waals surface area contributed by atoms with Crippen molar-refractivity contribution in [3.63, 3.8) is 0 Å². The van der Waals surface area contributed by atoms with Crippen molar-refractivity contribution in [3.05, 3.63) is 35.3 Å². The highest BCUT2D eigenvalue weighted by Gasteiger charge is 2.66. The third-order valence-corrected chi connectivity index (χ3v) is 5.48. The van der Waals surface area contributed by atoms with Gasteiger partial charge in [-0.3, -0.25) is 0 Å². The van der Waals surface area contributed by atoms with Gasteiger partial charge < -0.3 is 9.52 Å². The predicted molar refractivity (Wildman–Crippen MR) is 64.4 cm³/mol. The second kappa shape index (κ2) is 2.69. The van der Waals surface area contributed by atoms with Crippen molar-refractivity contribution in [2.45, 2.75) is 32.8 Å². The first-order chi connectivity index (χ1) is 8.04. The second-order valence-corrected chi connectivity index (χ2v) is 6.38. The highest BCUT2D eigenvalue weighted by atomic mass is 16.3. The average molecular weight is 230 g/mol. The second-order valence-electron chi connectivity index (χ2n) is 6.38. The molecule has 0 saturated heterocycles. The number of aryl methyl sites for hydroxylation is 1. The van der Waals surface area contributed by atoms with Gasteiger partial charge in [-0.25, -0.2) is 0 Å². The maximum absolute atomic E-state index is 10.7. The number of aliphatic hydroxyl groups is 1. The minimum absolute atomic E-state index is 0.179. The van der Waals surface area contributed by atoms with Crippen LogP contribution in [0.1, 0.15) is 36.3 Å². The monoisotopic (exact) mass is 230 g/mol. The van der Waals surface area contributed by atoms with Gasteiger partial charge in [-0.2, -0.15) is 0 Å². The molecule has 0 amide bonds. The summed E-state index contributed by atoms with van der Waals surface area (Å²) >= 11 is 0. The maximum Gasteiger partial charge on any atom is 0.110 e. The molecule has 1 N–H and O–H groups in total. The summed E-state index contributed by atoms with van der Waals surface area (Å²) in [6, 6.07) is 0. The largest absolute Gasteiger partial charge is 0.469 e. The van der Waals surface area contributed by atoms with Crippen molar-refractivity contribution in [3.8, 4) is 0 Å². The molecular formula is C15H18O2. The van der Waals surface area contributed by atoms with Crippen molar-refractivity contribution < 1.29 is 9.52 Å². The first kappa shape index (κ1) is 9.95. The molecule has 0 aromatic carbocycles. The van der Waals surface area contributed by atoms with E-state index < -0.39 is 6.10 Å². The van der Waals surface area contributed by atoms with E-state index in [-0.39, 0.29) is 11.3 Å². The first-order valence-corrected chi connectivity index (χ1v) is 6.47. The Bertz CT molecular complexity index is 527. The van der Waals surface area contributed by atoms with Crippen LogP contribution in [0, 0.1) is 30.1 Å². The van der Waals surface area contributed by atoms with Gasteiger partial charge in [0.25, 0.3) is 0 Å². The lowest BCUT2D eigenvalue weighted by molar-refractivity contribution is 0.0272. The summed E-state index contributed by atoms with van der Waals surface area (Å²) in [4.78, 5) is 0. The molecular weight excluding hydrogens is 212 g/mol. The first-order valence-electron chi connectivity index (χ1n) is 6.47. The summed E-state index contributed by atoms with van der Waals surface area (Å²) in [6.45, 7) is 8.58. The van der Waals surface area contributed by atoms with Gasteiger partial charge in [-0.15, -0.1) is 0 Å². The van der Waals surface area contributed by atoms with Crippen LogP contribution in [-0.4, -0.2) is 5.11 Å². The van der Waals surface area contributed by atoms with E-state index in [1.807, 2.05) is 6.92 Å². The number of rotatable bonds is 0. The smallest absolute Gasteiger partial charge is 0.110 e. The predicted octanol–water partition coefficient (Wildman–Crippen LogP) is 3.01. The van der Waals surface area contributed by atoms with Gasteiger partial charge in [-0.1, -0.05) is 19.1 Å². The zero-order chi connectivity index (χ0) is 11.9. The Morgan fingerprint density at radius 1 is 1.53 bits per heavy atom. The standard InChI is InChI=1S/C15H18O2/c1-7-6-17-11-5-15(3)10-4-9(10)8(2)13(15)14(16)12(7)11/h6,9-10,13-14,16H,2,4-5H2,1,3H3/t9-,10-,13+,14+,15+/m1/s1. The topological polar surface area (TPSA) is 33.4 Å². The Kier molecular flexibility index (Phi) is 1.58. The van der Waals surface area contributed by atoms with E-state index in [2.05, 4.69) is 13.5 Å². The van der Waals surface area contributed by atoms with Crippen LogP contribution in [0.15, 0.2) is 22.8 Å². The fourth-order valence-corrected chi connectivity index (χ4v) is 4.58. The minimum atomic E-state index is -0.400. The van der Waals surface area contributed by atoms with Crippen LogP contribution in [0.3, 0.4) is 0 Å². The van der Waals surface area contributed by atoms with E-state index in [0.717, 1.165) is 29.2 Å². The molecule has 0 spiro atoms. The van der Waals surface area contributed by atoms with E-state index in [9.17, 15) is 5.11 Å². The molecule has 2 heteroatoms. The zero-order valence-electron chi connectivity index (χ0n) is 10.4. The highest BCUT2D eigenvalue weighted by Crippen LogP contribution is 2.72. The molecule has 0 bridgehead atoms. The summed E-state index contributed by atoms with van der Waals surface area (Å²) in [5.74, 6) is 2.65. The van der Waals surface area contributed by atoms with Crippen LogP contribution in [0.5, 0.6) is 0 Å². The Morgan fingerprint density at radius 3 is 3.06 bits per heavy atom. The van der Waals surface area contributed by atoms with E-state index in [1.54, 1.807) is 6.26 Å². The van der Waals surface area contributed by atoms with Gasteiger partial charge in [0.15, 0.2) is 0 Å². The molecule has 2 saturated carbocycles. The van der Waals surface area contributed by atoms with Crippen LogP contribution in [-0.2, 0) is 6.42 Å². The Hall–Kier alpha value is -1.02. The average Bonchev–Trinajstić information content (AvgIpc) is 2.94. The Morgan fingerprint density at radius 2 is 2.29 bits per heavy atom. The van der Waals surface area contributed by atoms with Crippen LogP contribution in [0.4, 0.5) is 0 Å². The van der Waals surface area contributed by atoms with Crippen molar-refractivity contribution in [2.24, 2.45) is 23.2 Å². The normalized spacial score (nSPS) is 46.4. The molecule has 3 aliphatic carbocycles. The van der Waals surface area contributed by atoms with Crippen molar-refractivity contribution in [1.82, 2.24) is 0 Å². The Balaban J connectivity index is 1.90. The van der Waals surface area contributed by atoms with Crippen molar-refractivity contribution >= 4 is 0 Å². The molecule has 2 fully saturated rings. The molecule has 5 atom stereocenters. The molecule has 1 aromatic rings. The Labute approximate surface area is 101 Å². The van der Waals surface area contributed by atoms with Crippen molar-refractivity contribution in [1.29, 1.82) is 0 Å². The molecule has 0 aliphatic heterocycles. The van der Waals surface area contributed by atoms with Gasteiger partial charge in [0.05, 0.1) is 12.4 Å². The van der Waals surface area contributed by atoms with E-state index in [1.165, 1.54) is 12.0 Å². The fraction of sp³-hybridized carbons (Fsp3) is 0.600. The molecule has 3 aliphatic rings. The minimum Gasteiger partial charge on any atom is -0.469 e. The summed E-state index contributed by atoms with van der Waals surface area (Å²) in [6.07, 6.45) is 3.62. The lowest BCUT2D eigenvalue weighted by atomic mass is 9.64. The van der Waals surface area contributed by atoms with Crippen LogP contribution in [0.25, 0.3) is 0 Å². The number of aliphatic hydroxyl groups excluding tert-OH is 1. The summed E-state index contributed by atoms with van der Waals surface area (Å²) in [5.41, 5.74) is 3.59. The lowest BCUT2D eigenvalue weighted by Gasteiger charge is -2.41. The zero-order valence-corrected chi connectivity index (χ0v) is 10.4. The number of hydrogen-bond acceptors (Lipinski definition) is 2. The third kappa shape index (κ3) is 0.971. The molecule has 0 unspecified atom stereocenters. The van der Waals surface area contributed by atoms with E-state index >= 15 is 0 Å². The number of furan rings is 1. The third-order valence-electron chi connectivity index (χ3n) is 5.48. The molecule has 1 heterocycles. The molecule has 17 heavy (non-hydrogen) atoms. The van der Waals surface area contributed by atoms with Gasteiger partial charge in [0.2, 0.25) is 0 Å². The van der Waals surface area contributed by atoms with Gasteiger partial charge in [-0.05, 0) is 36.2 Å². The SMILES string of the molecule is C=C1[C@H]2C[C@H]2[C@]2(C)Cc3occ(C)c3[C@H](O)[C@H]12. The van der Waals surface area contributed by atoms with Crippen LogP contribution in [0.2, 0.25) is 0 Å². The number of hydrogen-bond donors (Lipinski definition) is 1. The molecule has 4 rings (SSSR count). The number of fused-ring (bicyclic) bond motifs is 4. The highest BCUT2D eigenvalue weighted by molar-refractivity contribution is 5.42. The summed E-state index contributed by atoms with van der Waals surface area (Å²) < 4.78 is 5.64. The lowest BCUT2D eigenvalue weighted by Crippen LogP contribution is -2.37. The fourth-order valence-electron chi connectivity index (χ4n) is 4.58. The van der Waals surface area contributed by atoms with E-state index in [4.69, 9.17) is 4.42 Å². The molecule has 2 nitrogen and oxygen atoms in total. The van der Waals surface area contributed by atoms with Gasteiger partial charge in [0, 0.05) is 17.9 Å². The van der Waals surface area contributed by atoms with Gasteiger partial charge in [0.1, 0.15) is 5.76 Å². The summed E-state index contributed by atoms with van der Waals surface area (Å²) in [7, 11) is 0. The molecule has 1 aromatic heterocycles. The quantitative estimate of drug-likeness (QED) is 0.695. The summed E-state index contributed by atoms with van der Waals surface area (Å²) in [5, 5.41) is 10.7. The van der Waals surface area contributed by atoms with Crippen LogP contribution >= 0.6 is 0 Å². The van der Waals surface area contributed by atoms with Crippen LogP contribution < -0.4 is 0 Å².